The minimum atomic E-state index is -0.350. The van der Waals surface area contributed by atoms with Crippen LogP contribution >= 0.6 is 0 Å². The van der Waals surface area contributed by atoms with E-state index in [1.807, 2.05) is 37.3 Å². The number of hydrogen-bond donors (Lipinski definition) is 1. The van der Waals surface area contributed by atoms with Gasteiger partial charge in [-0.15, -0.1) is 0 Å². The summed E-state index contributed by atoms with van der Waals surface area (Å²) < 4.78 is 15.2. The predicted molar refractivity (Wildman–Crippen MR) is 106 cm³/mol. The van der Waals surface area contributed by atoms with Gasteiger partial charge >= 0.3 is 5.69 Å². The SMILES string of the molecule is C/C(=C\F)Cn1ncn(-c2cnc(-c3ccc(-c4ncn[nH]4)cc3)c(C)c2)c1=O. The highest BCUT2D eigenvalue weighted by atomic mass is 19.1. The molecule has 3 heterocycles. The van der Waals surface area contributed by atoms with E-state index in [-0.39, 0.29) is 12.2 Å². The number of H-pyrrole nitrogens is 1. The topological polar surface area (TPSA) is 94.3 Å². The normalized spacial score (nSPS) is 11.8. The van der Waals surface area contributed by atoms with Crippen molar-refractivity contribution < 1.29 is 4.39 Å². The third-order valence-corrected chi connectivity index (χ3v) is 4.51. The molecule has 3 aromatic heterocycles. The average molecular weight is 391 g/mol. The zero-order chi connectivity index (χ0) is 20.4. The van der Waals surface area contributed by atoms with Gasteiger partial charge in [-0.05, 0) is 31.1 Å². The maximum atomic E-state index is 12.6. The molecule has 0 atom stereocenters. The Bertz CT molecular complexity index is 1220. The summed E-state index contributed by atoms with van der Waals surface area (Å²) >= 11 is 0. The number of nitrogens with zero attached hydrogens (tertiary/aromatic N) is 6. The van der Waals surface area contributed by atoms with Gasteiger partial charge in [0.1, 0.15) is 12.7 Å². The number of allylic oxidation sites excluding steroid dienone is 1. The molecule has 1 aromatic carbocycles. The Morgan fingerprint density at radius 3 is 2.62 bits per heavy atom. The Labute approximate surface area is 165 Å². The van der Waals surface area contributed by atoms with Crippen molar-refractivity contribution in [1.82, 2.24) is 34.5 Å². The number of aromatic amines is 1. The first kappa shape index (κ1) is 18.5. The van der Waals surface area contributed by atoms with E-state index >= 15 is 0 Å². The second-order valence-corrected chi connectivity index (χ2v) is 6.67. The van der Waals surface area contributed by atoms with Crippen LogP contribution in [-0.2, 0) is 6.54 Å². The second-order valence-electron chi connectivity index (χ2n) is 6.67. The molecule has 0 aliphatic rings. The standard InChI is InChI=1S/C20H18FN7O/c1-13(8-21)10-28-20(29)27(12-25-28)17-7-14(2)18(22-9-17)15-3-5-16(6-4-15)19-23-11-24-26-19/h3-9,11-12H,10H2,1-2H3,(H,23,24,26)/b13-8+. The van der Waals surface area contributed by atoms with Gasteiger partial charge in [-0.2, -0.15) is 10.2 Å². The fraction of sp³-hybridized carbons (Fsp3) is 0.150. The average Bonchev–Trinajstić information content (AvgIpc) is 3.39. The Morgan fingerprint density at radius 1 is 1.21 bits per heavy atom. The van der Waals surface area contributed by atoms with Crippen LogP contribution in [0.1, 0.15) is 12.5 Å². The summed E-state index contributed by atoms with van der Waals surface area (Å²) in [5.41, 5.74) is 4.26. The van der Waals surface area contributed by atoms with E-state index in [1.54, 1.807) is 13.1 Å². The highest BCUT2D eigenvalue weighted by Gasteiger charge is 2.11. The molecule has 9 heteroatoms. The van der Waals surface area contributed by atoms with Crippen molar-refractivity contribution in [3.05, 3.63) is 77.1 Å². The molecule has 8 nitrogen and oxygen atoms in total. The van der Waals surface area contributed by atoms with Crippen molar-refractivity contribution in [2.24, 2.45) is 0 Å². The number of halogens is 1. The van der Waals surface area contributed by atoms with E-state index in [0.717, 1.165) is 22.4 Å². The lowest BCUT2D eigenvalue weighted by atomic mass is 10.0. The lowest BCUT2D eigenvalue weighted by molar-refractivity contribution is 0.620. The van der Waals surface area contributed by atoms with Gasteiger partial charge in [0.15, 0.2) is 5.82 Å². The van der Waals surface area contributed by atoms with Gasteiger partial charge in [0, 0.05) is 11.1 Å². The molecule has 0 saturated carbocycles. The number of nitrogens with one attached hydrogen (secondary N) is 1. The first-order valence-electron chi connectivity index (χ1n) is 8.90. The summed E-state index contributed by atoms with van der Waals surface area (Å²) in [5.74, 6) is 0.700. The van der Waals surface area contributed by atoms with Gasteiger partial charge in [-0.25, -0.2) is 23.4 Å². The van der Waals surface area contributed by atoms with Crippen molar-refractivity contribution in [3.63, 3.8) is 0 Å². The second kappa shape index (κ2) is 7.63. The molecular formula is C20H18FN7O. The molecule has 0 fully saturated rings. The predicted octanol–water partition coefficient (Wildman–Crippen LogP) is 3.06. The minimum absolute atomic E-state index is 0.102. The van der Waals surface area contributed by atoms with E-state index in [4.69, 9.17) is 0 Å². The molecule has 0 bridgehead atoms. The highest BCUT2D eigenvalue weighted by Crippen LogP contribution is 2.25. The Balaban J connectivity index is 1.63. The maximum Gasteiger partial charge on any atom is 0.350 e. The Morgan fingerprint density at radius 2 is 1.97 bits per heavy atom. The highest BCUT2D eigenvalue weighted by molar-refractivity contribution is 5.67. The van der Waals surface area contributed by atoms with Crippen molar-refractivity contribution in [1.29, 1.82) is 0 Å². The quantitative estimate of drug-likeness (QED) is 0.564. The van der Waals surface area contributed by atoms with Gasteiger partial charge in [0.2, 0.25) is 0 Å². The fourth-order valence-electron chi connectivity index (χ4n) is 3.02. The fourth-order valence-corrected chi connectivity index (χ4v) is 3.02. The van der Waals surface area contributed by atoms with Gasteiger partial charge in [-0.3, -0.25) is 10.1 Å². The molecule has 1 N–H and O–H groups in total. The lowest BCUT2D eigenvalue weighted by Gasteiger charge is -2.08. The van der Waals surface area contributed by atoms with Crippen LogP contribution in [0.25, 0.3) is 28.3 Å². The summed E-state index contributed by atoms with van der Waals surface area (Å²) in [6, 6.07) is 9.69. The van der Waals surface area contributed by atoms with Crippen molar-refractivity contribution in [2.75, 3.05) is 0 Å². The van der Waals surface area contributed by atoms with Crippen LogP contribution in [0.4, 0.5) is 4.39 Å². The van der Waals surface area contributed by atoms with Crippen molar-refractivity contribution >= 4 is 0 Å². The maximum absolute atomic E-state index is 12.6. The van der Waals surface area contributed by atoms with Gasteiger partial charge < -0.3 is 0 Å². The molecule has 0 saturated heterocycles. The van der Waals surface area contributed by atoms with Crippen LogP contribution in [0, 0.1) is 6.92 Å². The van der Waals surface area contributed by atoms with Gasteiger partial charge in [0.25, 0.3) is 0 Å². The number of benzene rings is 1. The number of aromatic nitrogens is 7. The Kier molecular flexibility index (Phi) is 4.86. The molecule has 0 aliphatic carbocycles. The Hall–Kier alpha value is -3.88. The van der Waals surface area contributed by atoms with E-state index in [0.29, 0.717) is 23.4 Å². The molecule has 0 spiro atoms. The van der Waals surface area contributed by atoms with Crippen LogP contribution in [0.2, 0.25) is 0 Å². The van der Waals surface area contributed by atoms with E-state index in [9.17, 15) is 9.18 Å². The minimum Gasteiger partial charge on any atom is -0.259 e. The summed E-state index contributed by atoms with van der Waals surface area (Å²) in [5, 5.41) is 10.7. The summed E-state index contributed by atoms with van der Waals surface area (Å²) in [7, 11) is 0. The van der Waals surface area contributed by atoms with Gasteiger partial charge in [-0.1, -0.05) is 24.3 Å². The summed E-state index contributed by atoms with van der Waals surface area (Å²) in [6.07, 6.45) is 4.97. The molecule has 0 amide bonds. The van der Waals surface area contributed by atoms with Crippen LogP contribution in [0.5, 0.6) is 0 Å². The van der Waals surface area contributed by atoms with E-state index < -0.39 is 0 Å². The van der Waals surface area contributed by atoms with Crippen LogP contribution < -0.4 is 5.69 Å². The van der Waals surface area contributed by atoms with Crippen LogP contribution in [0.15, 0.2) is 65.9 Å². The number of aryl methyl sites for hydroxylation is 1. The van der Waals surface area contributed by atoms with Crippen molar-refractivity contribution in [2.45, 2.75) is 20.4 Å². The monoisotopic (exact) mass is 391 g/mol. The molecule has 4 aromatic rings. The zero-order valence-corrected chi connectivity index (χ0v) is 15.9. The van der Waals surface area contributed by atoms with E-state index in [2.05, 4.69) is 25.3 Å². The molecule has 0 unspecified atom stereocenters. The number of rotatable bonds is 5. The van der Waals surface area contributed by atoms with Gasteiger partial charge in [0.05, 0.1) is 30.5 Å². The molecule has 146 valence electrons. The van der Waals surface area contributed by atoms with E-state index in [1.165, 1.54) is 21.9 Å². The third-order valence-electron chi connectivity index (χ3n) is 4.51. The first-order chi connectivity index (χ1) is 14.1. The van der Waals surface area contributed by atoms with Crippen molar-refractivity contribution in [3.8, 4) is 28.3 Å². The number of hydrogen-bond acceptors (Lipinski definition) is 5. The van der Waals surface area contributed by atoms with Crippen LogP contribution in [-0.4, -0.2) is 34.5 Å². The largest absolute Gasteiger partial charge is 0.350 e. The zero-order valence-electron chi connectivity index (χ0n) is 15.9. The first-order valence-corrected chi connectivity index (χ1v) is 8.90. The summed E-state index contributed by atoms with van der Waals surface area (Å²) in [6.45, 7) is 3.63. The lowest BCUT2D eigenvalue weighted by Crippen LogP contribution is -2.24. The molecule has 0 aliphatic heterocycles. The molecule has 4 rings (SSSR count). The van der Waals surface area contributed by atoms with Crippen LogP contribution in [0.3, 0.4) is 0 Å². The molecular weight excluding hydrogens is 373 g/mol. The smallest absolute Gasteiger partial charge is 0.259 e. The summed E-state index contributed by atoms with van der Waals surface area (Å²) in [4.78, 5) is 21.2. The molecule has 29 heavy (non-hydrogen) atoms. The number of pyridine rings is 1. The molecule has 0 radical (unpaired) electrons. The third kappa shape index (κ3) is 3.62.